The zero-order valence-corrected chi connectivity index (χ0v) is 12.3. The van der Waals surface area contributed by atoms with E-state index in [1.165, 1.54) is 5.56 Å². The van der Waals surface area contributed by atoms with E-state index in [1.807, 2.05) is 24.0 Å². The molecule has 1 saturated heterocycles. The first kappa shape index (κ1) is 14.1. The lowest BCUT2D eigenvalue weighted by Crippen LogP contribution is -2.50. The maximum atomic E-state index is 11.2. The summed E-state index contributed by atoms with van der Waals surface area (Å²) in [6, 6.07) is 6.13. The van der Waals surface area contributed by atoms with Gasteiger partial charge in [0.1, 0.15) is 16.9 Å². The van der Waals surface area contributed by atoms with Crippen LogP contribution < -0.4 is 5.73 Å². The summed E-state index contributed by atoms with van der Waals surface area (Å²) in [5, 5.41) is 10.3. The van der Waals surface area contributed by atoms with Gasteiger partial charge in [-0.1, -0.05) is 11.6 Å². The van der Waals surface area contributed by atoms with Gasteiger partial charge in [0.2, 0.25) is 0 Å². The van der Waals surface area contributed by atoms with Gasteiger partial charge >= 0.3 is 5.97 Å². The minimum atomic E-state index is -1.13. The molecule has 3 N–H and O–H groups in total. The molecule has 0 spiro atoms. The SMILES string of the molecule is Cc1ccc2oc(CN3CC[C@@](N)(C(=O)O)C3)c(C)c2c1. The van der Waals surface area contributed by atoms with Crippen LogP contribution in [0, 0.1) is 13.8 Å². The van der Waals surface area contributed by atoms with E-state index in [9.17, 15) is 9.90 Å². The Morgan fingerprint density at radius 1 is 1.48 bits per heavy atom. The van der Waals surface area contributed by atoms with Gasteiger partial charge in [-0.25, -0.2) is 0 Å². The molecule has 5 heteroatoms. The predicted octanol–water partition coefficient (Wildman–Crippen LogP) is 2.04. The van der Waals surface area contributed by atoms with Crippen molar-refractivity contribution in [3.05, 3.63) is 35.1 Å². The van der Waals surface area contributed by atoms with E-state index in [0.29, 0.717) is 26.1 Å². The maximum Gasteiger partial charge on any atom is 0.325 e. The number of rotatable bonds is 3. The van der Waals surface area contributed by atoms with Gasteiger partial charge in [-0.05, 0) is 38.0 Å². The Balaban J connectivity index is 1.83. The van der Waals surface area contributed by atoms with E-state index in [2.05, 4.69) is 13.0 Å². The smallest absolute Gasteiger partial charge is 0.325 e. The topological polar surface area (TPSA) is 79.7 Å². The third kappa shape index (κ3) is 2.43. The van der Waals surface area contributed by atoms with Crippen molar-refractivity contribution in [1.29, 1.82) is 0 Å². The number of furan rings is 1. The number of carboxylic acids is 1. The highest BCUT2D eigenvalue weighted by Crippen LogP contribution is 2.29. The summed E-state index contributed by atoms with van der Waals surface area (Å²) in [7, 11) is 0. The van der Waals surface area contributed by atoms with E-state index in [-0.39, 0.29) is 0 Å². The summed E-state index contributed by atoms with van der Waals surface area (Å²) in [4.78, 5) is 13.2. The Morgan fingerprint density at radius 2 is 2.24 bits per heavy atom. The lowest BCUT2D eigenvalue weighted by atomic mass is 10.0. The summed E-state index contributed by atoms with van der Waals surface area (Å²) >= 11 is 0. The van der Waals surface area contributed by atoms with Crippen LogP contribution in [-0.2, 0) is 11.3 Å². The zero-order valence-electron chi connectivity index (χ0n) is 12.3. The number of nitrogens with two attached hydrogens (primary N) is 1. The molecule has 0 amide bonds. The Morgan fingerprint density at radius 3 is 2.90 bits per heavy atom. The fourth-order valence-electron chi connectivity index (χ4n) is 2.96. The monoisotopic (exact) mass is 288 g/mol. The van der Waals surface area contributed by atoms with Crippen molar-refractivity contribution in [2.24, 2.45) is 5.73 Å². The maximum absolute atomic E-state index is 11.2. The molecule has 1 aliphatic rings. The fraction of sp³-hybridized carbons (Fsp3) is 0.438. The first-order valence-electron chi connectivity index (χ1n) is 7.12. The Hall–Kier alpha value is -1.85. The second kappa shape index (κ2) is 4.86. The summed E-state index contributed by atoms with van der Waals surface area (Å²) in [6.45, 7) is 5.74. The van der Waals surface area contributed by atoms with Crippen molar-refractivity contribution in [3.63, 3.8) is 0 Å². The molecule has 2 heterocycles. The molecular weight excluding hydrogens is 268 g/mol. The second-order valence-electron chi connectivity index (χ2n) is 6.07. The highest BCUT2D eigenvalue weighted by atomic mass is 16.4. The van der Waals surface area contributed by atoms with Crippen LogP contribution in [-0.4, -0.2) is 34.6 Å². The summed E-state index contributed by atoms with van der Waals surface area (Å²) < 4.78 is 5.91. The Labute approximate surface area is 123 Å². The number of likely N-dealkylation sites (tertiary alicyclic amines) is 1. The number of hydrogen-bond acceptors (Lipinski definition) is 4. The zero-order chi connectivity index (χ0) is 15.2. The summed E-state index contributed by atoms with van der Waals surface area (Å²) in [6.07, 6.45) is 0.473. The van der Waals surface area contributed by atoms with E-state index >= 15 is 0 Å². The average molecular weight is 288 g/mol. The second-order valence-corrected chi connectivity index (χ2v) is 6.07. The molecule has 5 nitrogen and oxygen atoms in total. The molecule has 1 aromatic carbocycles. The van der Waals surface area contributed by atoms with E-state index in [4.69, 9.17) is 10.2 Å². The molecule has 0 bridgehead atoms. The molecule has 0 saturated carbocycles. The molecule has 1 aliphatic heterocycles. The first-order chi connectivity index (χ1) is 9.89. The largest absolute Gasteiger partial charge is 0.480 e. The number of fused-ring (bicyclic) bond motifs is 1. The molecular formula is C16H20N2O3. The lowest BCUT2D eigenvalue weighted by Gasteiger charge is -2.19. The number of aliphatic carboxylic acids is 1. The van der Waals surface area contributed by atoms with E-state index in [0.717, 1.165) is 22.3 Å². The van der Waals surface area contributed by atoms with Gasteiger partial charge in [0.25, 0.3) is 0 Å². The average Bonchev–Trinajstić information content (AvgIpc) is 2.94. The van der Waals surface area contributed by atoms with Gasteiger partial charge in [0, 0.05) is 18.5 Å². The lowest BCUT2D eigenvalue weighted by molar-refractivity contribution is -0.142. The van der Waals surface area contributed by atoms with Crippen LogP contribution in [0.25, 0.3) is 11.0 Å². The van der Waals surface area contributed by atoms with Crippen LogP contribution >= 0.6 is 0 Å². The van der Waals surface area contributed by atoms with Crippen molar-refractivity contribution in [3.8, 4) is 0 Å². The van der Waals surface area contributed by atoms with Crippen molar-refractivity contribution in [1.82, 2.24) is 4.90 Å². The van der Waals surface area contributed by atoms with Crippen LogP contribution in [0.15, 0.2) is 22.6 Å². The van der Waals surface area contributed by atoms with Crippen molar-refractivity contribution in [2.45, 2.75) is 32.4 Å². The highest BCUT2D eigenvalue weighted by Gasteiger charge is 2.41. The molecule has 0 aliphatic carbocycles. The van der Waals surface area contributed by atoms with Crippen LogP contribution in [0.3, 0.4) is 0 Å². The molecule has 112 valence electrons. The third-order valence-electron chi connectivity index (χ3n) is 4.36. The van der Waals surface area contributed by atoms with Gasteiger partial charge < -0.3 is 15.3 Å². The van der Waals surface area contributed by atoms with Crippen molar-refractivity contribution >= 4 is 16.9 Å². The summed E-state index contributed by atoms with van der Waals surface area (Å²) in [5.41, 5.74) is 7.98. The highest BCUT2D eigenvalue weighted by molar-refractivity contribution is 5.82. The number of hydrogen-bond donors (Lipinski definition) is 2. The van der Waals surface area contributed by atoms with Gasteiger partial charge in [-0.2, -0.15) is 0 Å². The summed E-state index contributed by atoms with van der Waals surface area (Å²) in [5.74, 6) is -0.0350. The van der Waals surface area contributed by atoms with Gasteiger partial charge in [0.15, 0.2) is 0 Å². The van der Waals surface area contributed by atoms with Crippen LogP contribution in [0.1, 0.15) is 23.3 Å². The molecule has 1 atom stereocenters. The van der Waals surface area contributed by atoms with Crippen molar-refractivity contribution < 1.29 is 14.3 Å². The van der Waals surface area contributed by atoms with Gasteiger partial charge in [-0.3, -0.25) is 9.69 Å². The standard InChI is InChI=1S/C16H20N2O3/c1-10-3-4-13-12(7-10)11(2)14(21-13)8-18-6-5-16(17,9-18)15(19)20/h3-4,7H,5-6,8-9,17H2,1-2H3,(H,19,20)/t16-/m0/s1. The molecule has 21 heavy (non-hydrogen) atoms. The van der Waals surface area contributed by atoms with E-state index < -0.39 is 11.5 Å². The Bertz CT molecular complexity index is 707. The Kier molecular flexibility index (Phi) is 3.26. The van der Waals surface area contributed by atoms with Crippen LogP contribution in [0.2, 0.25) is 0 Å². The molecule has 1 fully saturated rings. The predicted molar refractivity (Wildman–Crippen MR) is 80.1 cm³/mol. The molecule has 2 aromatic rings. The van der Waals surface area contributed by atoms with E-state index in [1.54, 1.807) is 0 Å². The molecule has 1 aromatic heterocycles. The van der Waals surface area contributed by atoms with Crippen molar-refractivity contribution in [2.75, 3.05) is 13.1 Å². The number of carbonyl (C=O) groups is 1. The minimum Gasteiger partial charge on any atom is -0.480 e. The fourth-order valence-corrected chi connectivity index (χ4v) is 2.96. The van der Waals surface area contributed by atoms with Gasteiger partial charge in [-0.15, -0.1) is 0 Å². The normalized spacial score (nSPS) is 23.0. The molecule has 3 rings (SSSR count). The number of aryl methyl sites for hydroxylation is 2. The number of carboxylic acid groups (broad SMARTS) is 1. The molecule has 0 unspecified atom stereocenters. The minimum absolute atomic E-state index is 0.359. The third-order valence-corrected chi connectivity index (χ3v) is 4.36. The van der Waals surface area contributed by atoms with Gasteiger partial charge in [0.05, 0.1) is 6.54 Å². The van der Waals surface area contributed by atoms with Crippen LogP contribution in [0.4, 0.5) is 0 Å². The number of nitrogens with zero attached hydrogens (tertiary/aromatic N) is 1. The molecule has 0 radical (unpaired) electrons. The number of benzene rings is 1. The van der Waals surface area contributed by atoms with Crippen LogP contribution in [0.5, 0.6) is 0 Å². The first-order valence-corrected chi connectivity index (χ1v) is 7.12. The quantitative estimate of drug-likeness (QED) is 0.903.